The lowest BCUT2D eigenvalue weighted by Crippen LogP contribution is -2.18. The Morgan fingerprint density at radius 2 is 1.86 bits per heavy atom. The van der Waals surface area contributed by atoms with Crippen molar-refractivity contribution in [3.8, 4) is 0 Å². The Balaban J connectivity index is 0.000000164. The predicted octanol–water partition coefficient (Wildman–Crippen LogP) is 3.22. The van der Waals surface area contributed by atoms with Crippen molar-refractivity contribution in [1.82, 2.24) is 0 Å². The lowest BCUT2D eigenvalue weighted by Gasteiger charge is -2.20. The van der Waals surface area contributed by atoms with E-state index in [9.17, 15) is 14.3 Å². The highest BCUT2D eigenvalue weighted by atomic mass is 79.9. The summed E-state index contributed by atoms with van der Waals surface area (Å²) in [5, 5.41) is 9.43. The molecule has 1 atom stereocenters. The fraction of sp³-hybridized carbons (Fsp3) is 0.235. The highest BCUT2D eigenvalue weighted by Crippen LogP contribution is 2.24. The first-order valence-corrected chi connectivity index (χ1v) is 7.75. The topological polar surface area (TPSA) is 63.3 Å². The van der Waals surface area contributed by atoms with Gasteiger partial charge in [-0.15, -0.1) is 0 Å². The SMILES string of the molecule is NC(=O)c1ccc(F)cc1.OC1CCc2ccc(Br)cc2C1. The van der Waals surface area contributed by atoms with Gasteiger partial charge in [0.25, 0.3) is 0 Å². The third kappa shape index (κ3) is 4.64. The van der Waals surface area contributed by atoms with Gasteiger partial charge in [-0.2, -0.15) is 0 Å². The fourth-order valence-electron chi connectivity index (χ4n) is 2.32. The molecule has 0 saturated carbocycles. The van der Waals surface area contributed by atoms with Crippen molar-refractivity contribution in [3.63, 3.8) is 0 Å². The minimum Gasteiger partial charge on any atom is -0.393 e. The molecule has 3 rings (SSSR count). The highest BCUT2D eigenvalue weighted by Gasteiger charge is 2.15. The maximum atomic E-state index is 12.2. The summed E-state index contributed by atoms with van der Waals surface area (Å²) in [6.07, 6.45) is 2.61. The molecule has 116 valence electrons. The summed E-state index contributed by atoms with van der Waals surface area (Å²) in [4.78, 5) is 10.4. The van der Waals surface area contributed by atoms with Gasteiger partial charge in [0.05, 0.1) is 6.10 Å². The van der Waals surface area contributed by atoms with Gasteiger partial charge in [0.2, 0.25) is 5.91 Å². The van der Waals surface area contributed by atoms with Crippen LogP contribution in [0.25, 0.3) is 0 Å². The number of amides is 1. The van der Waals surface area contributed by atoms with E-state index in [0.717, 1.165) is 23.7 Å². The number of nitrogens with two attached hydrogens (primary N) is 1. The van der Waals surface area contributed by atoms with Crippen molar-refractivity contribution in [2.75, 3.05) is 0 Å². The molecule has 1 amide bonds. The predicted molar refractivity (Wildman–Crippen MR) is 87.1 cm³/mol. The molecule has 1 aliphatic rings. The Hall–Kier alpha value is -1.72. The molecule has 5 heteroatoms. The molecule has 2 aromatic carbocycles. The number of benzene rings is 2. The molecule has 0 saturated heterocycles. The number of aryl methyl sites for hydroxylation is 1. The van der Waals surface area contributed by atoms with Crippen molar-refractivity contribution in [3.05, 3.63) is 69.4 Å². The van der Waals surface area contributed by atoms with E-state index in [0.29, 0.717) is 5.56 Å². The average molecular weight is 366 g/mol. The molecular formula is C17H17BrFNO2. The summed E-state index contributed by atoms with van der Waals surface area (Å²) in [7, 11) is 0. The van der Waals surface area contributed by atoms with Crippen molar-refractivity contribution in [1.29, 1.82) is 0 Å². The zero-order chi connectivity index (χ0) is 16.1. The molecule has 2 aromatic rings. The number of carbonyl (C=O) groups excluding carboxylic acids is 1. The van der Waals surface area contributed by atoms with Crippen LogP contribution in [0.1, 0.15) is 27.9 Å². The molecule has 0 fully saturated rings. The van der Waals surface area contributed by atoms with Crippen LogP contribution in [0.5, 0.6) is 0 Å². The van der Waals surface area contributed by atoms with E-state index in [1.54, 1.807) is 0 Å². The summed E-state index contributed by atoms with van der Waals surface area (Å²) in [6, 6.07) is 11.4. The summed E-state index contributed by atoms with van der Waals surface area (Å²) < 4.78 is 13.3. The number of rotatable bonds is 1. The van der Waals surface area contributed by atoms with Gasteiger partial charge in [0.1, 0.15) is 5.82 Å². The van der Waals surface area contributed by atoms with Crippen LogP contribution in [0, 0.1) is 5.82 Å². The summed E-state index contributed by atoms with van der Waals surface area (Å²) in [5.74, 6) is -0.912. The van der Waals surface area contributed by atoms with Crippen LogP contribution in [0.2, 0.25) is 0 Å². The Bertz CT molecular complexity index is 658. The van der Waals surface area contributed by atoms with Crippen LogP contribution < -0.4 is 5.73 Å². The molecule has 0 aliphatic heterocycles. The van der Waals surface area contributed by atoms with Crippen LogP contribution in [0.3, 0.4) is 0 Å². The normalized spacial score (nSPS) is 16.2. The van der Waals surface area contributed by atoms with Crippen molar-refractivity contribution >= 4 is 21.8 Å². The van der Waals surface area contributed by atoms with Gasteiger partial charge >= 0.3 is 0 Å². The molecule has 0 heterocycles. The summed E-state index contributed by atoms with van der Waals surface area (Å²) >= 11 is 3.43. The van der Waals surface area contributed by atoms with E-state index in [4.69, 9.17) is 5.73 Å². The Morgan fingerprint density at radius 3 is 2.50 bits per heavy atom. The third-order valence-corrected chi connectivity index (χ3v) is 3.99. The second-order valence-corrected chi connectivity index (χ2v) is 6.10. The van der Waals surface area contributed by atoms with Gasteiger partial charge in [-0.1, -0.05) is 22.0 Å². The summed E-state index contributed by atoms with van der Waals surface area (Å²) in [5.41, 5.74) is 7.91. The van der Waals surface area contributed by atoms with Crippen molar-refractivity contribution in [2.45, 2.75) is 25.4 Å². The van der Waals surface area contributed by atoms with Crippen molar-refractivity contribution < 1.29 is 14.3 Å². The number of carbonyl (C=O) groups is 1. The van der Waals surface area contributed by atoms with E-state index >= 15 is 0 Å². The zero-order valence-corrected chi connectivity index (χ0v) is 13.5. The monoisotopic (exact) mass is 365 g/mol. The molecular weight excluding hydrogens is 349 g/mol. The molecule has 1 unspecified atom stereocenters. The second-order valence-electron chi connectivity index (χ2n) is 5.18. The van der Waals surface area contributed by atoms with Gasteiger partial charge in [-0.25, -0.2) is 4.39 Å². The van der Waals surface area contributed by atoms with E-state index in [1.165, 1.54) is 35.4 Å². The van der Waals surface area contributed by atoms with E-state index < -0.39 is 5.91 Å². The van der Waals surface area contributed by atoms with Gasteiger partial charge in [0.15, 0.2) is 0 Å². The number of aliphatic hydroxyl groups excluding tert-OH is 1. The number of primary amides is 1. The lowest BCUT2D eigenvalue weighted by molar-refractivity contribution is 0.1000. The molecule has 0 spiro atoms. The Labute approximate surface area is 137 Å². The van der Waals surface area contributed by atoms with Gasteiger partial charge in [-0.3, -0.25) is 4.79 Å². The smallest absolute Gasteiger partial charge is 0.248 e. The molecule has 0 aromatic heterocycles. The van der Waals surface area contributed by atoms with Crippen molar-refractivity contribution in [2.24, 2.45) is 5.73 Å². The van der Waals surface area contributed by atoms with Gasteiger partial charge in [0, 0.05) is 10.0 Å². The lowest BCUT2D eigenvalue weighted by atomic mass is 9.90. The van der Waals surface area contributed by atoms with Crippen LogP contribution in [0.4, 0.5) is 4.39 Å². The number of halogens is 2. The Kier molecular flexibility index (Phi) is 5.69. The first kappa shape index (κ1) is 16.6. The number of aliphatic hydroxyl groups is 1. The minimum atomic E-state index is -0.542. The molecule has 3 nitrogen and oxygen atoms in total. The maximum Gasteiger partial charge on any atom is 0.248 e. The maximum absolute atomic E-state index is 12.2. The molecule has 3 N–H and O–H groups in total. The molecule has 1 aliphatic carbocycles. The van der Waals surface area contributed by atoms with Crippen LogP contribution in [-0.4, -0.2) is 17.1 Å². The van der Waals surface area contributed by atoms with E-state index in [2.05, 4.69) is 34.1 Å². The fourth-order valence-corrected chi connectivity index (χ4v) is 2.73. The van der Waals surface area contributed by atoms with Crippen LogP contribution in [-0.2, 0) is 12.8 Å². The van der Waals surface area contributed by atoms with E-state index in [1.807, 2.05) is 0 Å². The average Bonchev–Trinajstić information content (AvgIpc) is 2.48. The van der Waals surface area contributed by atoms with Crippen LogP contribution in [0.15, 0.2) is 46.9 Å². The van der Waals surface area contributed by atoms with E-state index in [-0.39, 0.29) is 11.9 Å². The molecule has 0 radical (unpaired) electrons. The number of fused-ring (bicyclic) bond motifs is 1. The molecule has 22 heavy (non-hydrogen) atoms. The van der Waals surface area contributed by atoms with Gasteiger partial charge < -0.3 is 10.8 Å². The third-order valence-electron chi connectivity index (χ3n) is 3.50. The standard InChI is InChI=1S/C10H11BrO.C7H6FNO/c11-9-3-1-7-2-4-10(12)6-8(7)5-9;8-6-3-1-5(2-4-6)7(9)10/h1,3,5,10,12H,2,4,6H2;1-4H,(H2,9,10). The number of hydrogen-bond donors (Lipinski definition) is 2. The zero-order valence-electron chi connectivity index (χ0n) is 11.9. The van der Waals surface area contributed by atoms with Gasteiger partial charge in [-0.05, 0) is 66.8 Å². The molecule has 0 bridgehead atoms. The summed E-state index contributed by atoms with van der Waals surface area (Å²) in [6.45, 7) is 0. The first-order chi connectivity index (χ1) is 10.5. The largest absolute Gasteiger partial charge is 0.393 e. The quantitative estimate of drug-likeness (QED) is 0.814. The minimum absolute atomic E-state index is 0.133. The number of hydrogen-bond acceptors (Lipinski definition) is 2. The second kappa shape index (κ2) is 7.51. The van der Waals surface area contributed by atoms with Crippen LogP contribution >= 0.6 is 15.9 Å². The first-order valence-electron chi connectivity index (χ1n) is 6.96. The Morgan fingerprint density at radius 1 is 1.18 bits per heavy atom. The highest BCUT2D eigenvalue weighted by molar-refractivity contribution is 9.10.